The van der Waals surface area contributed by atoms with E-state index in [0.29, 0.717) is 6.29 Å². The van der Waals surface area contributed by atoms with Crippen LogP contribution in [0.4, 0.5) is 5.69 Å². The zero-order valence-corrected chi connectivity index (χ0v) is 13.0. The van der Waals surface area contributed by atoms with Crippen LogP contribution in [0, 0.1) is 10.1 Å². The Morgan fingerprint density at radius 2 is 1.88 bits per heavy atom. The molecule has 1 aromatic rings. The number of nitrogens with one attached hydrogen (secondary N) is 1. The van der Waals surface area contributed by atoms with Crippen molar-refractivity contribution in [2.75, 3.05) is 0 Å². The summed E-state index contributed by atoms with van der Waals surface area (Å²) in [6.07, 6.45) is 0.138. The fourth-order valence-corrected chi connectivity index (χ4v) is 2.80. The van der Waals surface area contributed by atoms with Gasteiger partial charge in [-0.2, -0.15) is 0 Å². The van der Waals surface area contributed by atoms with Gasteiger partial charge in [0.15, 0.2) is 0 Å². The molecule has 0 amide bonds. The van der Waals surface area contributed by atoms with E-state index in [-0.39, 0.29) is 29.1 Å². The van der Waals surface area contributed by atoms with Crippen LogP contribution in [-0.2, 0) is 14.4 Å². The van der Waals surface area contributed by atoms with Gasteiger partial charge >= 0.3 is 0 Å². The van der Waals surface area contributed by atoms with E-state index in [1.165, 1.54) is 25.1 Å². The number of aliphatic carboxylic acids is 2. The third-order valence-electron chi connectivity index (χ3n) is 3.79. The number of dihydropyridines is 1. The molecule has 130 valence electrons. The molecule has 0 saturated heterocycles. The van der Waals surface area contributed by atoms with Crippen molar-refractivity contribution in [1.82, 2.24) is 5.32 Å². The minimum absolute atomic E-state index is 0.0333. The summed E-state index contributed by atoms with van der Waals surface area (Å²) < 4.78 is 0. The number of hydrogen-bond donors (Lipinski definition) is 1. The quantitative estimate of drug-likeness (QED) is 0.387. The third kappa shape index (κ3) is 3.39. The van der Waals surface area contributed by atoms with Gasteiger partial charge in [-0.05, 0) is 12.5 Å². The maximum atomic E-state index is 11.6. The molecule has 1 aliphatic heterocycles. The number of nitro benzene ring substituents is 1. The van der Waals surface area contributed by atoms with Crippen LogP contribution in [-0.4, -0.2) is 23.1 Å². The molecule has 1 aromatic carbocycles. The summed E-state index contributed by atoms with van der Waals surface area (Å²) in [5.41, 5.74) is -1.09. The van der Waals surface area contributed by atoms with Crippen molar-refractivity contribution in [3.8, 4) is 0 Å². The van der Waals surface area contributed by atoms with Gasteiger partial charge in [-0.25, -0.2) is 0 Å². The zero-order valence-electron chi connectivity index (χ0n) is 13.0. The second-order valence-corrected chi connectivity index (χ2v) is 5.29. The first-order valence-corrected chi connectivity index (χ1v) is 7.09. The molecule has 0 aromatic heterocycles. The number of non-ortho nitro benzene ring substituents is 1. The van der Waals surface area contributed by atoms with Crippen molar-refractivity contribution in [2.45, 2.75) is 19.3 Å². The Bertz CT molecular complexity index is 839. The lowest BCUT2D eigenvalue weighted by molar-refractivity contribution is -0.384. The van der Waals surface area contributed by atoms with E-state index in [1.807, 2.05) is 0 Å². The summed E-state index contributed by atoms with van der Waals surface area (Å²) in [5, 5.41) is 36.7. The van der Waals surface area contributed by atoms with E-state index in [4.69, 9.17) is 0 Å². The Kier molecular flexibility index (Phi) is 4.97. The fourth-order valence-electron chi connectivity index (χ4n) is 2.80. The summed E-state index contributed by atoms with van der Waals surface area (Å²) in [6.45, 7) is 1.38. The number of carboxylic acid groups (broad SMARTS) is 2. The number of benzene rings is 1. The van der Waals surface area contributed by atoms with E-state index in [1.54, 1.807) is 0 Å². The number of carbonyl (C=O) groups is 3. The molecule has 0 radical (unpaired) electrons. The molecule has 1 aliphatic rings. The number of rotatable bonds is 6. The molecular weight excluding hydrogens is 332 g/mol. The lowest BCUT2D eigenvalue weighted by atomic mass is 9.80. The van der Waals surface area contributed by atoms with Crippen molar-refractivity contribution in [1.29, 1.82) is 0 Å². The lowest BCUT2D eigenvalue weighted by Crippen LogP contribution is -2.40. The maximum absolute atomic E-state index is 11.6. The number of carbonyl (C=O) groups excluding carboxylic acids is 3. The molecule has 1 unspecified atom stereocenters. The van der Waals surface area contributed by atoms with Crippen LogP contribution < -0.4 is 15.5 Å². The van der Waals surface area contributed by atoms with E-state index in [2.05, 4.69) is 5.32 Å². The normalized spacial score (nSPS) is 17.1. The van der Waals surface area contributed by atoms with Crippen LogP contribution in [0.3, 0.4) is 0 Å². The Labute approximate surface area is 141 Å². The number of nitrogens with zero attached hydrogens (tertiary/aromatic N) is 1. The van der Waals surface area contributed by atoms with Gasteiger partial charge in [-0.1, -0.05) is 12.1 Å². The largest absolute Gasteiger partial charge is 0.545 e. The highest BCUT2D eigenvalue weighted by Gasteiger charge is 2.32. The van der Waals surface area contributed by atoms with Gasteiger partial charge in [0, 0.05) is 47.0 Å². The van der Waals surface area contributed by atoms with Crippen molar-refractivity contribution in [2.24, 2.45) is 0 Å². The molecular formula is C16H12N2O7-2. The smallest absolute Gasteiger partial charge is 0.269 e. The van der Waals surface area contributed by atoms with Crippen LogP contribution in [0.2, 0.25) is 0 Å². The zero-order chi connectivity index (χ0) is 18.7. The molecule has 9 heteroatoms. The van der Waals surface area contributed by atoms with Gasteiger partial charge in [0.05, 0.1) is 16.9 Å². The standard InChI is InChI=1S/C16H14N2O7/c1-8-12(15(20)21)13(9-3-2-4-10(7-9)18(24)25)14(16(22)23)11(17-8)5-6-19/h2-4,6-7,13,17H,5H2,1H3,(H,20,21)(H,22,23)/p-2. The highest BCUT2D eigenvalue weighted by molar-refractivity contribution is 5.97. The lowest BCUT2D eigenvalue weighted by Gasteiger charge is -2.34. The molecule has 0 saturated carbocycles. The number of nitro groups is 1. The van der Waals surface area contributed by atoms with E-state index in [0.717, 1.165) is 6.07 Å². The highest BCUT2D eigenvalue weighted by atomic mass is 16.6. The topological polar surface area (TPSA) is 152 Å². The molecule has 0 bridgehead atoms. The van der Waals surface area contributed by atoms with Crippen molar-refractivity contribution >= 4 is 23.9 Å². The molecule has 0 aliphatic carbocycles. The summed E-state index contributed by atoms with van der Waals surface area (Å²) >= 11 is 0. The second kappa shape index (κ2) is 6.95. The van der Waals surface area contributed by atoms with Gasteiger partial charge in [0.25, 0.3) is 5.69 Å². The van der Waals surface area contributed by atoms with Crippen molar-refractivity contribution in [3.05, 3.63) is 62.5 Å². The maximum Gasteiger partial charge on any atom is 0.269 e. The fraction of sp³-hybridized carbons (Fsp3) is 0.188. The third-order valence-corrected chi connectivity index (χ3v) is 3.79. The minimum Gasteiger partial charge on any atom is -0.545 e. The Morgan fingerprint density at radius 1 is 1.24 bits per heavy atom. The van der Waals surface area contributed by atoms with Crippen LogP contribution in [0.25, 0.3) is 0 Å². The van der Waals surface area contributed by atoms with Crippen LogP contribution >= 0.6 is 0 Å². The predicted molar refractivity (Wildman–Crippen MR) is 79.4 cm³/mol. The SMILES string of the molecule is CC1=C(C(=O)[O-])C(c2cccc([N+](=O)[O-])c2)C(C(=O)[O-])=C(CC=O)N1. The van der Waals surface area contributed by atoms with E-state index >= 15 is 0 Å². The monoisotopic (exact) mass is 344 g/mol. The molecule has 0 spiro atoms. The van der Waals surface area contributed by atoms with Gasteiger partial charge in [0.1, 0.15) is 6.29 Å². The van der Waals surface area contributed by atoms with Gasteiger partial charge < -0.3 is 29.9 Å². The Hall–Kier alpha value is -3.49. The first-order valence-electron chi connectivity index (χ1n) is 7.09. The van der Waals surface area contributed by atoms with Gasteiger partial charge in [0.2, 0.25) is 0 Å². The van der Waals surface area contributed by atoms with Crippen LogP contribution in [0.1, 0.15) is 24.8 Å². The highest BCUT2D eigenvalue weighted by Crippen LogP contribution is 2.39. The van der Waals surface area contributed by atoms with Gasteiger partial charge in [-0.15, -0.1) is 0 Å². The average Bonchev–Trinajstić information content (AvgIpc) is 2.53. The molecule has 1 N–H and O–H groups in total. The molecule has 1 heterocycles. The summed E-state index contributed by atoms with van der Waals surface area (Å²) in [5.74, 6) is -4.69. The van der Waals surface area contributed by atoms with E-state index < -0.39 is 33.9 Å². The molecule has 9 nitrogen and oxygen atoms in total. The number of carboxylic acids is 2. The minimum atomic E-state index is -1.69. The van der Waals surface area contributed by atoms with Gasteiger partial charge in [-0.3, -0.25) is 10.1 Å². The Balaban J connectivity index is 2.76. The average molecular weight is 344 g/mol. The number of aldehydes is 1. The second-order valence-electron chi connectivity index (χ2n) is 5.29. The van der Waals surface area contributed by atoms with Crippen molar-refractivity contribution < 1.29 is 29.5 Å². The van der Waals surface area contributed by atoms with Crippen LogP contribution in [0.15, 0.2) is 46.8 Å². The summed E-state index contributed by atoms with van der Waals surface area (Å²) in [7, 11) is 0. The van der Waals surface area contributed by atoms with Crippen molar-refractivity contribution in [3.63, 3.8) is 0 Å². The first kappa shape index (κ1) is 17.9. The summed E-state index contributed by atoms with van der Waals surface area (Å²) in [6, 6.07) is 4.94. The van der Waals surface area contributed by atoms with Crippen LogP contribution in [0.5, 0.6) is 0 Å². The molecule has 25 heavy (non-hydrogen) atoms. The molecule has 1 atom stereocenters. The number of hydrogen-bond acceptors (Lipinski definition) is 8. The molecule has 2 rings (SSSR count). The summed E-state index contributed by atoms with van der Waals surface area (Å²) in [4.78, 5) is 44.3. The Morgan fingerprint density at radius 3 is 2.40 bits per heavy atom. The van der Waals surface area contributed by atoms with E-state index in [9.17, 15) is 34.7 Å². The number of allylic oxidation sites excluding steroid dienone is 2. The molecule has 0 fully saturated rings. The first-order chi connectivity index (χ1) is 11.8. The predicted octanol–water partition coefficient (Wildman–Crippen LogP) is -1.10.